The van der Waals surface area contributed by atoms with E-state index in [4.69, 9.17) is 16.2 Å². The normalized spacial score (nSPS) is 25.4. The standard InChI is InChI=1S/C17H23BrN2O/c1-13-15(18)8-10-17(20,16(13)19)9-5-11-21-12-14-6-3-2-4-7-14/h2-4,6-8,10,16H,5,9,11-12,19-20H2,1H3. The topological polar surface area (TPSA) is 61.3 Å². The molecule has 0 saturated heterocycles. The second-order valence-electron chi connectivity index (χ2n) is 5.60. The number of nitrogens with two attached hydrogens (primary N) is 2. The van der Waals surface area contributed by atoms with Gasteiger partial charge in [0.15, 0.2) is 0 Å². The van der Waals surface area contributed by atoms with Gasteiger partial charge in [-0.2, -0.15) is 0 Å². The van der Waals surface area contributed by atoms with Crippen LogP contribution in [0.5, 0.6) is 0 Å². The number of allylic oxidation sites excluding steroid dienone is 2. The third-order valence-corrected chi connectivity index (χ3v) is 4.86. The predicted molar refractivity (Wildman–Crippen MR) is 91.0 cm³/mol. The molecule has 114 valence electrons. The maximum absolute atomic E-state index is 6.43. The molecule has 0 heterocycles. The number of rotatable bonds is 6. The van der Waals surface area contributed by atoms with Gasteiger partial charge in [-0.3, -0.25) is 0 Å². The molecular weight excluding hydrogens is 328 g/mol. The first kappa shape index (κ1) is 16.4. The van der Waals surface area contributed by atoms with E-state index in [2.05, 4.69) is 28.1 Å². The number of ether oxygens (including phenoxy) is 1. The van der Waals surface area contributed by atoms with Crippen LogP contribution in [-0.4, -0.2) is 18.2 Å². The molecule has 1 aliphatic rings. The van der Waals surface area contributed by atoms with Crippen LogP contribution in [0, 0.1) is 0 Å². The third kappa shape index (κ3) is 4.27. The number of hydrogen-bond acceptors (Lipinski definition) is 3. The zero-order valence-corrected chi connectivity index (χ0v) is 14.0. The van der Waals surface area contributed by atoms with E-state index in [0.717, 1.165) is 22.9 Å². The first-order chi connectivity index (χ1) is 10.0. The summed E-state index contributed by atoms with van der Waals surface area (Å²) in [6.07, 6.45) is 5.72. The molecular formula is C17H23BrN2O. The van der Waals surface area contributed by atoms with Gasteiger partial charge in [0, 0.05) is 17.1 Å². The lowest BCUT2D eigenvalue weighted by Gasteiger charge is -2.36. The fraction of sp³-hybridized carbons (Fsp3) is 0.412. The largest absolute Gasteiger partial charge is 0.377 e. The fourth-order valence-corrected chi connectivity index (χ4v) is 2.88. The van der Waals surface area contributed by atoms with Gasteiger partial charge in [-0.25, -0.2) is 0 Å². The molecule has 0 saturated carbocycles. The molecule has 4 N–H and O–H groups in total. The van der Waals surface area contributed by atoms with E-state index >= 15 is 0 Å². The van der Waals surface area contributed by atoms with Gasteiger partial charge in [0.1, 0.15) is 0 Å². The fourth-order valence-electron chi connectivity index (χ4n) is 2.50. The van der Waals surface area contributed by atoms with Crippen molar-refractivity contribution in [2.24, 2.45) is 11.5 Å². The van der Waals surface area contributed by atoms with Crippen molar-refractivity contribution < 1.29 is 4.74 Å². The van der Waals surface area contributed by atoms with E-state index in [1.54, 1.807) is 0 Å². The van der Waals surface area contributed by atoms with E-state index in [9.17, 15) is 0 Å². The molecule has 0 aromatic heterocycles. The van der Waals surface area contributed by atoms with Crippen molar-refractivity contribution in [2.45, 2.75) is 38.0 Å². The molecule has 0 amide bonds. The van der Waals surface area contributed by atoms with Crippen molar-refractivity contribution in [3.63, 3.8) is 0 Å². The Morgan fingerprint density at radius 1 is 1.29 bits per heavy atom. The Bertz CT molecular complexity index is 527. The highest BCUT2D eigenvalue weighted by molar-refractivity contribution is 9.11. The second kappa shape index (κ2) is 7.36. The van der Waals surface area contributed by atoms with Crippen molar-refractivity contribution in [1.82, 2.24) is 0 Å². The average molecular weight is 351 g/mol. The average Bonchev–Trinajstić information content (AvgIpc) is 2.50. The van der Waals surface area contributed by atoms with Crippen LogP contribution in [0.4, 0.5) is 0 Å². The van der Waals surface area contributed by atoms with Gasteiger partial charge in [-0.05, 0) is 30.9 Å². The predicted octanol–water partition coefficient (Wildman–Crippen LogP) is 3.25. The molecule has 1 aromatic carbocycles. The summed E-state index contributed by atoms with van der Waals surface area (Å²) in [5, 5.41) is 0. The van der Waals surface area contributed by atoms with Gasteiger partial charge in [-0.1, -0.05) is 58.4 Å². The van der Waals surface area contributed by atoms with E-state index < -0.39 is 5.54 Å². The first-order valence-electron chi connectivity index (χ1n) is 7.24. The summed E-state index contributed by atoms with van der Waals surface area (Å²) in [6.45, 7) is 3.36. The molecule has 0 fully saturated rings. The Hall–Kier alpha value is -0.940. The minimum Gasteiger partial charge on any atom is -0.377 e. The number of hydrogen-bond donors (Lipinski definition) is 2. The zero-order valence-electron chi connectivity index (χ0n) is 12.4. The summed E-state index contributed by atoms with van der Waals surface area (Å²) >= 11 is 3.50. The highest BCUT2D eigenvalue weighted by Crippen LogP contribution is 2.30. The zero-order chi connectivity index (χ0) is 15.3. The molecule has 3 nitrogen and oxygen atoms in total. The van der Waals surface area contributed by atoms with Gasteiger partial charge in [0.2, 0.25) is 0 Å². The molecule has 1 aliphatic carbocycles. The van der Waals surface area contributed by atoms with Crippen LogP contribution < -0.4 is 11.5 Å². The Kier molecular flexibility index (Phi) is 5.76. The van der Waals surface area contributed by atoms with Crippen molar-refractivity contribution in [1.29, 1.82) is 0 Å². The monoisotopic (exact) mass is 350 g/mol. The van der Waals surface area contributed by atoms with Crippen LogP contribution in [0.15, 0.2) is 52.5 Å². The molecule has 4 heteroatoms. The minimum absolute atomic E-state index is 0.147. The Labute approximate surface area is 135 Å². The highest BCUT2D eigenvalue weighted by atomic mass is 79.9. The summed E-state index contributed by atoms with van der Waals surface area (Å²) in [4.78, 5) is 0. The van der Waals surface area contributed by atoms with E-state index in [0.29, 0.717) is 13.2 Å². The molecule has 21 heavy (non-hydrogen) atoms. The van der Waals surface area contributed by atoms with Crippen molar-refractivity contribution in [3.05, 3.63) is 58.1 Å². The molecule has 2 atom stereocenters. The Balaban J connectivity index is 1.75. The molecule has 0 bridgehead atoms. The van der Waals surface area contributed by atoms with E-state index in [1.165, 1.54) is 5.56 Å². The van der Waals surface area contributed by atoms with Crippen molar-refractivity contribution in [3.8, 4) is 0 Å². The smallest absolute Gasteiger partial charge is 0.0716 e. The first-order valence-corrected chi connectivity index (χ1v) is 8.04. The van der Waals surface area contributed by atoms with Crippen LogP contribution in [0.3, 0.4) is 0 Å². The Morgan fingerprint density at radius 2 is 2.00 bits per heavy atom. The van der Waals surface area contributed by atoms with E-state index in [-0.39, 0.29) is 6.04 Å². The van der Waals surface area contributed by atoms with Crippen molar-refractivity contribution in [2.75, 3.05) is 6.61 Å². The van der Waals surface area contributed by atoms with Crippen LogP contribution >= 0.6 is 15.9 Å². The maximum atomic E-state index is 6.43. The van der Waals surface area contributed by atoms with Gasteiger partial charge in [-0.15, -0.1) is 0 Å². The quantitative estimate of drug-likeness (QED) is 0.774. The van der Waals surface area contributed by atoms with E-state index in [1.807, 2.05) is 37.3 Å². The minimum atomic E-state index is -0.475. The van der Waals surface area contributed by atoms with Gasteiger partial charge in [0.05, 0.1) is 12.1 Å². The number of benzene rings is 1. The maximum Gasteiger partial charge on any atom is 0.0716 e. The lowest BCUT2D eigenvalue weighted by molar-refractivity contribution is 0.113. The van der Waals surface area contributed by atoms with Crippen molar-refractivity contribution >= 4 is 15.9 Å². The van der Waals surface area contributed by atoms with Gasteiger partial charge in [0.25, 0.3) is 0 Å². The molecule has 0 aliphatic heterocycles. The van der Waals surface area contributed by atoms with Gasteiger partial charge < -0.3 is 16.2 Å². The molecule has 2 unspecified atom stereocenters. The molecule has 2 rings (SSSR count). The summed E-state index contributed by atoms with van der Waals surface area (Å²) < 4.78 is 6.74. The molecule has 0 radical (unpaired) electrons. The highest BCUT2D eigenvalue weighted by Gasteiger charge is 2.33. The summed E-state index contributed by atoms with van der Waals surface area (Å²) in [6, 6.07) is 10.0. The Morgan fingerprint density at radius 3 is 2.71 bits per heavy atom. The third-order valence-electron chi connectivity index (χ3n) is 3.97. The molecule has 0 spiro atoms. The van der Waals surface area contributed by atoms with Crippen LogP contribution in [-0.2, 0) is 11.3 Å². The van der Waals surface area contributed by atoms with Crippen LogP contribution in [0.1, 0.15) is 25.3 Å². The van der Waals surface area contributed by atoms with Crippen LogP contribution in [0.2, 0.25) is 0 Å². The van der Waals surface area contributed by atoms with Crippen LogP contribution in [0.25, 0.3) is 0 Å². The second-order valence-corrected chi connectivity index (χ2v) is 6.45. The lowest BCUT2D eigenvalue weighted by atomic mass is 9.80. The SMILES string of the molecule is CC1=C(Br)C=CC(N)(CCCOCc2ccccc2)C1N. The summed E-state index contributed by atoms with van der Waals surface area (Å²) in [5.74, 6) is 0. The summed E-state index contributed by atoms with van der Waals surface area (Å²) in [5.41, 5.74) is 14.5. The van der Waals surface area contributed by atoms with Gasteiger partial charge >= 0.3 is 0 Å². The molecule has 1 aromatic rings. The summed E-state index contributed by atoms with van der Waals surface area (Å²) in [7, 11) is 0. The lowest BCUT2D eigenvalue weighted by Crippen LogP contribution is -2.55. The number of halogens is 1.